The van der Waals surface area contributed by atoms with Crippen LogP contribution in [0.25, 0.3) is 0 Å². The molecule has 2 heterocycles. The fourth-order valence-electron chi connectivity index (χ4n) is 4.14. The van der Waals surface area contributed by atoms with Crippen LogP contribution in [0.3, 0.4) is 0 Å². The van der Waals surface area contributed by atoms with Crippen LogP contribution in [0.15, 0.2) is 30.3 Å². The lowest BCUT2D eigenvalue weighted by atomic mass is 9.77. The van der Waals surface area contributed by atoms with E-state index >= 15 is 0 Å². The largest absolute Gasteiger partial charge is 0.481 e. The van der Waals surface area contributed by atoms with Crippen LogP contribution in [-0.2, 0) is 20.9 Å². The summed E-state index contributed by atoms with van der Waals surface area (Å²) in [6, 6.07) is 9.73. The average Bonchev–Trinajstić information content (AvgIpc) is 2.88. The first-order chi connectivity index (χ1) is 12.4. The third-order valence-electron chi connectivity index (χ3n) is 5.79. The number of nitrogens with one attached hydrogen (secondary N) is 1. The maximum absolute atomic E-state index is 12.2. The minimum atomic E-state index is -0.906. The van der Waals surface area contributed by atoms with E-state index in [1.165, 1.54) is 0 Å². The molecule has 26 heavy (non-hydrogen) atoms. The molecule has 2 saturated heterocycles. The number of amides is 2. The number of piperidine rings is 1. The second-order valence-electron chi connectivity index (χ2n) is 7.19. The van der Waals surface area contributed by atoms with Crippen LogP contribution in [0, 0.1) is 5.92 Å². The van der Waals surface area contributed by atoms with Crippen LogP contribution in [0.5, 0.6) is 0 Å². The van der Waals surface area contributed by atoms with Crippen molar-refractivity contribution in [2.45, 2.75) is 31.3 Å². The van der Waals surface area contributed by atoms with Gasteiger partial charge in [-0.1, -0.05) is 30.3 Å². The van der Waals surface area contributed by atoms with Crippen molar-refractivity contribution in [2.24, 2.45) is 5.92 Å². The molecule has 2 amide bonds. The Labute approximate surface area is 153 Å². The lowest BCUT2D eigenvalue weighted by molar-refractivity contribution is -0.146. The summed E-state index contributed by atoms with van der Waals surface area (Å²) in [6.07, 6.45) is 1.24. The SMILES string of the molecule is CN1C(=O)C[C@H](C(=O)O)C12CCN(CC(=O)NCc1ccccc1)CC2. The van der Waals surface area contributed by atoms with Gasteiger partial charge in [0.1, 0.15) is 0 Å². The Morgan fingerprint density at radius 3 is 2.50 bits per heavy atom. The molecule has 1 aromatic rings. The Balaban J connectivity index is 1.52. The summed E-state index contributed by atoms with van der Waals surface area (Å²) < 4.78 is 0. The predicted octanol–water partition coefficient (Wildman–Crippen LogP) is 0.700. The molecule has 0 unspecified atom stereocenters. The van der Waals surface area contributed by atoms with Gasteiger partial charge in [0.15, 0.2) is 0 Å². The van der Waals surface area contributed by atoms with Crippen LogP contribution in [-0.4, -0.2) is 64.9 Å². The molecule has 0 saturated carbocycles. The number of benzene rings is 1. The van der Waals surface area contributed by atoms with E-state index in [-0.39, 0.29) is 24.8 Å². The van der Waals surface area contributed by atoms with Gasteiger partial charge in [-0.25, -0.2) is 0 Å². The number of likely N-dealkylation sites (tertiary alicyclic amines) is 2. The Kier molecular flexibility index (Phi) is 5.27. The minimum absolute atomic E-state index is 0.0459. The lowest BCUT2D eigenvalue weighted by Gasteiger charge is -2.45. The van der Waals surface area contributed by atoms with E-state index in [1.807, 2.05) is 35.2 Å². The highest BCUT2D eigenvalue weighted by Crippen LogP contribution is 2.42. The molecule has 0 radical (unpaired) electrons. The highest BCUT2D eigenvalue weighted by atomic mass is 16.4. The van der Waals surface area contributed by atoms with Gasteiger partial charge in [0.2, 0.25) is 11.8 Å². The third-order valence-corrected chi connectivity index (χ3v) is 5.79. The zero-order valence-corrected chi connectivity index (χ0v) is 15.0. The standard InChI is InChI=1S/C19H25N3O4/c1-21-17(24)11-15(18(25)26)19(21)7-9-22(10-8-19)13-16(23)20-12-14-5-3-2-4-6-14/h2-6,15H,7-13H2,1H3,(H,20,23)(H,25,26)/t15-/m1/s1. The van der Waals surface area contributed by atoms with Crippen molar-refractivity contribution in [3.63, 3.8) is 0 Å². The second kappa shape index (κ2) is 7.45. The Bertz CT molecular complexity index is 683. The van der Waals surface area contributed by atoms with Gasteiger partial charge in [-0.15, -0.1) is 0 Å². The van der Waals surface area contributed by atoms with Crippen LogP contribution in [0.4, 0.5) is 0 Å². The number of aliphatic carboxylic acids is 1. The van der Waals surface area contributed by atoms with Crippen molar-refractivity contribution < 1.29 is 19.5 Å². The van der Waals surface area contributed by atoms with E-state index in [0.717, 1.165) is 5.56 Å². The fraction of sp³-hybridized carbons (Fsp3) is 0.526. The van der Waals surface area contributed by atoms with Gasteiger partial charge in [-0.3, -0.25) is 19.3 Å². The van der Waals surface area contributed by atoms with Crippen molar-refractivity contribution in [2.75, 3.05) is 26.7 Å². The molecule has 0 aromatic heterocycles. The minimum Gasteiger partial charge on any atom is -0.481 e. The Morgan fingerprint density at radius 2 is 1.88 bits per heavy atom. The fourth-order valence-corrected chi connectivity index (χ4v) is 4.14. The summed E-state index contributed by atoms with van der Waals surface area (Å²) in [7, 11) is 1.70. The normalized spacial score (nSPS) is 22.6. The van der Waals surface area contributed by atoms with Gasteiger partial charge < -0.3 is 15.3 Å². The molecule has 0 bridgehead atoms. The maximum atomic E-state index is 12.2. The molecule has 0 aliphatic carbocycles. The summed E-state index contributed by atoms with van der Waals surface area (Å²) in [5, 5.41) is 12.4. The van der Waals surface area contributed by atoms with E-state index in [1.54, 1.807) is 11.9 Å². The quantitative estimate of drug-likeness (QED) is 0.808. The molecule has 2 N–H and O–H groups in total. The molecule has 2 aliphatic rings. The lowest BCUT2D eigenvalue weighted by Crippen LogP contribution is -2.57. The van der Waals surface area contributed by atoms with Crippen LogP contribution in [0.1, 0.15) is 24.8 Å². The van der Waals surface area contributed by atoms with Crippen molar-refractivity contribution in [3.8, 4) is 0 Å². The van der Waals surface area contributed by atoms with Gasteiger partial charge >= 0.3 is 5.97 Å². The smallest absolute Gasteiger partial charge is 0.309 e. The second-order valence-corrected chi connectivity index (χ2v) is 7.19. The van der Waals surface area contributed by atoms with E-state index in [2.05, 4.69) is 5.32 Å². The third kappa shape index (κ3) is 3.58. The molecule has 2 fully saturated rings. The number of carbonyl (C=O) groups is 3. The van der Waals surface area contributed by atoms with Gasteiger partial charge in [0, 0.05) is 33.1 Å². The molecule has 1 spiro atoms. The van der Waals surface area contributed by atoms with E-state index in [4.69, 9.17) is 0 Å². The molecular formula is C19H25N3O4. The highest BCUT2D eigenvalue weighted by Gasteiger charge is 2.55. The topological polar surface area (TPSA) is 90.0 Å². The zero-order chi connectivity index (χ0) is 18.7. The van der Waals surface area contributed by atoms with Crippen LogP contribution < -0.4 is 5.32 Å². The molecule has 2 aliphatic heterocycles. The summed E-state index contributed by atoms with van der Waals surface area (Å²) in [4.78, 5) is 39.4. The number of carboxylic acid groups (broad SMARTS) is 1. The summed E-state index contributed by atoms with van der Waals surface area (Å²) in [5.41, 5.74) is 0.439. The summed E-state index contributed by atoms with van der Waals surface area (Å²) in [5.74, 6) is -1.72. The number of carbonyl (C=O) groups excluding carboxylic acids is 2. The number of rotatable bonds is 5. The number of hydrogen-bond acceptors (Lipinski definition) is 4. The summed E-state index contributed by atoms with van der Waals surface area (Å²) >= 11 is 0. The first-order valence-corrected chi connectivity index (χ1v) is 8.95. The average molecular weight is 359 g/mol. The van der Waals surface area contributed by atoms with Gasteiger partial charge in [0.25, 0.3) is 0 Å². The van der Waals surface area contributed by atoms with Crippen molar-refractivity contribution >= 4 is 17.8 Å². The maximum Gasteiger partial charge on any atom is 0.309 e. The highest BCUT2D eigenvalue weighted by molar-refractivity contribution is 5.88. The molecular weight excluding hydrogens is 334 g/mol. The number of nitrogens with zero attached hydrogens (tertiary/aromatic N) is 2. The van der Waals surface area contributed by atoms with Crippen LogP contribution in [0.2, 0.25) is 0 Å². The first-order valence-electron chi connectivity index (χ1n) is 8.95. The molecule has 7 heteroatoms. The van der Waals surface area contributed by atoms with Crippen molar-refractivity contribution in [1.82, 2.24) is 15.1 Å². The van der Waals surface area contributed by atoms with Crippen LogP contribution >= 0.6 is 0 Å². The number of carboxylic acids is 1. The Hall–Kier alpha value is -2.41. The van der Waals surface area contributed by atoms with Gasteiger partial charge in [-0.05, 0) is 18.4 Å². The first kappa shape index (κ1) is 18.4. The monoisotopic (exact) mass is 359 g/mol. The predicted molar refractivity (Wildman–Crippen MR) is 95.2 cm³/mol. The van der Waals surface area contributed by atoms with Crippen molar-refractivity contribution in [3.05, 3.63) is 35.9 Å². The molecule has 7 nitrogen and oxygen atoms in total. The molecule has 1 atom stereocenters. The van der Waals surface area contributed by atoms with E-state index in [0.29, 0.717) is 32.5 Å². The van der Waals surface area contributed by atoms with Crippen molar-refractivity contribution in [1.29, 1.82) is 0 Å². The molecule has 140 valence electrons. The van der Waals surface area contributed by atoms with Gasteiger partial charge in [-0.2, -0.15) is 0 Å². The zero-order valence-electron chi connectivity index (χ0n) is 15.0. The van der Waals surface area contributed by atoms with Gasteiger partial charge in [0.05, 0.1) is 18.0 Å². The van der Waals surface area contributed by atoms with E-state index in [9.17, 15) is 19.5 Å². The molecule has 3 rings (SSSR count). The number of hydrogen-bond donors (Lipinski definition) is 2. The Morgan fingerprint density at radius 1 is 1.23 bits per heavy atom. The summed E-state index contributed by atoms with van der Waals surface area (Å²) in [6.45, 7) is 2.01. The molecule has 1 aromatic carbocycles. The van der Waals surface area contributed by atoms with E-state index < -0.39 is 17.4 Å².